The second-order valence-corrected chi connectivity index (χ2v) is 12.2. The molecular weight excluding hydrogens is 417 g/mol. The highest BCUT2D eigenvalue weighted by molar-refractivity contribution is 8.06. The summed E-state index contributed by atoms with van der Waals surface area (Å²) in [6.07, 6.45) is 0. The van der Waals surface area contributed by atoms with Crippen molar-refractivity contribution in [1.29, 1.82) is 0 Å². The van der Waals surface area contributed by atoms with Crippen molar-refractivity contribution in [3.05, 3.63) is 48.6 Å². The fraction of sp³-hybridized carbons (Fsp3) is 0.500. The normalized spacial score (nSPS) is 24.8. The zero-order valence-corrected chi connectivity index (χ0v) is 19.1. The number of rotatable bonds is 6. The molecule has 1 aromatic carbocycles. The van der Waals surface area contributed by atoms with E-state index in [1.54, 1.807) is 0 Å². The summed E-state index contributed by atoms with van der Waals surface area (Å²) in [6.45, 7) is 9.02. The molecule has 2 aliphatic rings. The zero-order chi connectivity index (χ0) is 18.2. The van der Waals surface area contributed by atoms with Gasteiger partial charge in [-0.3, -0.25) is 0 Å². The Kier molecular flexibility index (Phi) is 9.11. The molecule has 2 heterocycles. The molecule has 2 unspecified atom stereocenters. The lowest BCUT2D eigenvalue weighted by Gasteiger charge is -2.15. The van der Waals surface area contributed by atoms with E-state index in [0.29, 0.717) is 5.25 Å². The lowest BCUT2D eigenvalue weighted by Crippen LogP contribution is -2.16. The average molecular weight is 443 g/mol. The summed E-state index contributed by atoms with van der Waals surface area (Å²) in [5.74, 6) is 8.97. The van der Waals surface area contributed by atoms with E-state index in [9.17, 15) is 0 Å². The molecule has 2 saturated heterocycles. The highest BCUT2D eigenvalue weighted by atomic mass is 32.2. The molecule has 2 fully saturated rings. The van der Waals surface area contributed by atoms with E-state index in [-0.39, 0.29) is 0 Å². The van der Waals surface area contributed by atoms with Gasteiger partial charge < -0.3 is 4.74 Å². The Balaban J connectivity index is 1.40. The molecule has 0 radical (unpaired) electrons. The Labute approximate surface area is 179 Å². The maximum atomic E-state index is 6.02. The minimum absolute atomic E-state index is 0.563. The SMILES string of the molecule is C=C1CSCC(COc2ccc(SCC3CSCC(=C)CS3)cc2)SC1. The van der Waals surface area contributed by atoms with Gasteiger partial charge in [0.15, 0.2) is 0 Å². The number of benzene rings is 1. The van der Waals surface area contributed by atoms with E-state index >= 15 is 0 Å². The molecule has 0 saturated carbocycles. The van der Waals surface area contributed by atoms with Crippen molar-refractivity contribution in [1.82, 2.24) is 0 Å². The fourth-order valence-electron chi connectivity index (χ4n) is 2.52. The van der Waals surface area contributed by atoms with Gasteiger partial charge in [0.25, 0.3) is 0 Å². The van der Waals surface area contributed by atoms with Crippen LogP contribution in [0.3, 0.4) is 0 Å². The minimum Gasteiger partial charge on any atom is -0.492 e. The van der Waals surface area contributed by atoms with Crippen LogP contribution in [-0.2, 0) is 0 Å². The van der Waals surface area contributed by atoms with E-state index in [1.165, 1.54) is 27.5 Å². The van der Waals surface area contributed by atoms with Crippen LogP contribution in [0.5, 0.6) is 5.75 Å². The lowest BCUT2D eigenvalue weighted by atomic mass is 10.3. The predicted molar refractivity (Wildman–Crippen MR) is 128 cm³/mol. The molecule has 6 heteroatoms. The average Bonchev–Trinajstić information content (AvgIpc) is 2.99. The fourth-order valence-corrected chi connectivity index (χ4v) is 8.76. The van der Waals surface area contributed by atoms with Gasteiger partial charge in [0, 0.05) is 55.7 Å². The maximum absolute atomic E-state index is 6.02. The van der Waals surface area contributed by atoms with Gasteiger partial charge in [-0.25, -0.2) is 0 Å². The third kappa shape index (κ3) is 7.34. The standard InChI is InChI=1S/C20H26OS5/c1-15-8-22-12-19(24-10-15)7-21-17-3-5-18(6-4-17)26-14-20-13-23-9-16(2)11-25-20/h3-6,19-20H,1-2,7-14H2. The molecule has 2 aliphatic heterocycles. The number of hydrogen-bond donors (Lipinski definition) is 0. The third-order valence-electron chi connectivity index (χ3n) is 3.96. The first kappa shape index (κ1) is 21.0. The Morgan fingerprint density at radius 3 is 2.19 bits per heavy atom. The monoisotopic (exact) mass is 442 g/mol. The first-order chi connectivity index (χ1) is 12.7. The van der Waals surface area contributed by atoms with Gasteiger partial charge in [0.2, 0.25) is 0 Å². The van der Waals surface area contributed by atoms with Gasteiger partial charge in [0.05, 0.1) is 0 Å². The van der Waals surface area contributed by atoms with Crippen molar-refractivity contribution >= 4 is 58.8 Å². The molecule has 2 atom stereocenters. The summed E-state index contributed by atoms with van der Waals surface area (Å²) >= 11 is 10.0. The third-order valence-corrected chi connectivity index (χ3v) is 11.0. The van der Waals surface area contributed by atoms with E-state index in [2.05, 4.69) is 49.2 Å². The minimum atomic E-state index is 0.563. The van der Waals surface area contributed by atoms with Crippen molar-refractivity contribution in [3.63, 3.8) is 0 Å². The van der Waals surface area contributed by atoms with Crippen molar-refractivity contribution in [2.24, 2.45) is 0 Å². The maximum Gasteiger partial charge on any atom is 0.119 e. The van der Waals surface area contributed by atoms with Crippen molar-refractivity contribution in [2.45, 2.75) is 15.4 Å². The summed E-state index contributed by atoms with van der Waals surface area (Å²) in [4.78, 5) is 1.33. The molecule has 0 bridgehead atoms. The van der Waals surface area contributed by atoms with E-state index < -0.39 is 0 Å². The van der Waals surface area contributed by atoms with Crippen LogP contribution in [0.15, 0.2) is 53.5 Å². The summed E-state index contributed by atoms with van der Waals surface area (Å²) in [7, 11) is 0. The first-order valence-electron chi connectivity index (χ1n) is 8.76. The van der Waals surface area contributed by atoms with Crippen molar-refractivity contribution in [2.75, 3.05) is 46.9 Å². The Hall–Kier alpha value is 0.250. The van der Waals surface area contributed by atoms with Gasteiger partial charge in [-0.1, -0.05) is 24.3 Å². The molecule has 1 aromatic rings. The van der Waals surface area contributed by atoms with Crippen LogP contribution in [0.1, 0.15) is 0 Å². The molecule has 142 valence electrons. The summed E-state index contributed by atoms with van der Waals surface area (Å²) in [6, 6.07) is 8.63. The quantitative estimate of drug-likeness (QED) is 0.394. The smallest absolute Gasteiger partial charge is 0.119 e. The second kappa shape index (κ2) is 11.3. The van der Waals surface area contributed by atoms with Crippen LogP contribution in [0.4, 0.5) is 0 Å². The first-order valence-corrected chi connectivity index (χ1v) is 14.2. The summed E-state index contributed by atoms with van der Waals surface area (Å²) in [5, 5.41) is 1.28. The van der Waals surface area contributed by atoms with Crippen LogP contribution in [0, 0.1) is 0 Å². The second-order valence-electron chi connectivity index (χ2n) is 6.49. The molecule has 1 nitrogen and oxygen atoms in total. The molecule has 0 N–H and O–H groups in total. The highest BCUT2D eigenvalue weighted by Crippen LogP contribution is 2.31. The van der Waals surface area contributed by atoms with Crippen molar-refractivity contribution < 1.29 is 4.74 Å². The topological polar surface area (TPSA) is 9.23 Å². The van der Waals surface area contributed by atoms with Crippen LogP contribution in [-0.4, -0.2) is 57.4 Å². The van der Waals surface area contributed by atoms with Gasteiger partial charge in [0.1, 0.15) is 12.4 Å². The summed E-state index contributed by atoms with van der Waals surface area (Å²) in [5.41, 5.74) is 2.72. The van der Waals surface area contributed by atoms with Crippen LogP contribution in [0.2, 0.25) is 0 Å². The lowest BCUT2D eigenvalue weighted by molar-refractivity contribution is 0.323. The van der Waals surface area contributed by atoms with Crippen molar-refractivity contribution in [3.8, 4) is 5.75 Å². The number of ether oxygens (including phenoxy) is 1. The van der Waals surface area contributed by atoms with Crippen LogP contribution >= 0.6 is 58.8 Å². The Morgan fingerprint density at radius 2 is 1.50 bits per heavy atom. The largest absolute Gasteiger partial charge is 0.492 e. The number of thioether (sulfide) groups is 5. The Bertz CT molecular complexity index is 548. The van der Waals surface area contributed by atoms with Gasteiger partial charge in [-0.15, -0.1) is 23.5 Å². The Morgan fingerprint density at radius 1 is 0.885 bits per heavy atom. The van der Waals surface area contributed by atoms with E-state index in [1.807, 2.05) is 47.0 Å². The number of hydrogen-bond acceptors (Lipinski definition) is 6. The van der Waals surface area contributed by atoms with Gasteiger partial charge in [-0.2, -0.15) is 35.3 Å². The van der Waals surface area contributed by atoms with E-state index in [4.69, 9.17) is 4.74 Å². The molecule has 0 aromatic heterocycles. The van der Waals surface area contributed by atoms with E-state index in [0.717, 1.165) is 46.4 Å². The molecular formula is C20H26OS5. The van der Waals surface area contributed by atoms with Crippen LogP contribution < -0.4 is 4.74 Å². The van der Waals surface area contributed by atoms with Gasteiger partial charge >= 0.3 is 0 Å². The molecule has 3 rings (SSSR count). The molecule has 26 heavy (non-hydrogen) atoms. The summed E-state index contributed by atoms with van der Waals surface area (Å²) < 4.78 is 6.02. The molecule has 0 aliphatic carbocycles. The predicted octanol–water partition coefficient (Wildman–Crippen LogP) is 5.97. The van der Waals surface area contributed by atoms with Gasteiger partial charge in [-0.05, 0) is 24.3 Å². The highest BCUT2D eigenvalue weighted by Gasteiger charge is 2.16. The molecule has 0 amide bonds. The van der Waals surface area contributed by atoms with Crippen LogP contribution in [0.25, 0.3) is 0 Å². The molecule has 0 spiro atoms. The zero-order valence-electron chi connectivity index (χ0n) is 15.0.